The topological polar surface area (TPSA) is 98.8 Å². The molecule has 1 fully saturated rings. The third-order valence-electron chi connectivity index (χ3n) is 3.56. The van der Waals surface area contributed by atoms with Crippen LogP contribution in [0.5, 0.6) is 0 Å². The van der Waals surface area contributed by atoms with Crippen LogP contribution >= 0.6 is 0 Å². The van der Waals surface area contributed by atoms with Gasteiger partial charge in [-0.2, -0.15) is 9.97 Å². The Morgan fingerprint density at radius 2 is 2.33 bits per heavy atom. The van der Waals surface area contributed by atoms with Crippen LogP contribution in [0.3, 0.4) is 0 Å². The number of aromatic nitrogens is 4. The average Bonchev–Trinajstić information content (AvgIpc) is 3.07. The molecule has 1 aliphatic rings. The highest BCUT2D eigenvalue weighted by atomic mass is 16.2. The number of fused-ring (bicyclic) bond motifs is 1. The largest absolute Gasteiger partial charge is 0.356 e. The van der Waals surface area contributed by atoms with Gasteiger partial charge in [0.05, 0.1) is 6.33 Å². The number of nitrogens with one attached hydrogen (secondary N) is 3. The van der Waals surface area contributed by atoms with Crippen molar-refractivity contribution in [2.45, 2.75) is 25.8 Å². The van der Waals surface area contributed by atoms with Gasteiger partial charge in [-0.3, -0.25) is 4.79 Å². The van der Waals surface area contributed by atoms with Gasteiger partial charge in [0, 0.05) is 20.1 Å². The van der Waals surface area contributed by atoms with Crippen molar-refractivity contribution in [1.82, 2.24) is 24.8 Å². The second-order valence-corrected chi connectivity index (χ2v) is 5.17. The molecule has 1 atom stereocenters. The lowest BCUT2D eigenvalue weighted by Crippen LogP contribution is -2.31. The zero-order chi connectivity index (χ0) is 14.8. The van der Waals surface area contributed by atoms with Gasteiger partial charge in [0.25, 0.3) is 0 Å². The fourth-order valence-corrected chi connectivity index (χ4v) is 2.37. The number of hydrogen-bond acceptors (Lipinski definition) is 6. The predicted octanol–water partition coefficient (Wildman–Crippen LogP) is 0.817. The Balaban J connectivity index is 1.89. The summed E-state index contributed by atoms with van der Waals surface area (Å²) >= 11 is 0. The fraction of sp³-hybridized carbons (Fsp3) is 0.538. The van der Waals surface area contributed by atoms with E-state index in [2.05, 4.69) is 37.5 Å². The summed E-state index contributed by atoms with van der Waals surface area (Å²) in [6, 6.07) is -0.240. The number of likely N-dealkylation sites (tertiary alicyclic amines) is 1. The first kappa shape index (κ1) is 13.6. The predicted molar refractivity (Wildman–Crippen MR) is 80.1 cm³/mol. The molecule has 2 aromatic heterocycles. The molecule has 0 aromatic carbocycles. The summed E-state index contributed by atoms with van der Waals surface area (Å²) in [4.78, 5) is 29.7. The van der Waals surface area contributed by atoms with Crippen LogP contribution in [0, 0.1) is 0 Å². The second-order valence-electron chi connectivity index (χ2n) is 5.17. The van der Waals surface area contributed by atoms with Gasteiger partial charge in [-0.15, -0.1) is 0 Å². The number of hydrogen-bond donors (Lipinski definition) is 3. The Morgan fingerprint density at radius 3 is 3.05 bits per heavy atom. The number of likely N-dealkylation sites (N-methyl/N-ethyl adjacent to an activating group) is 1. The molecule has 8 nitrogen and oxygen atoms in total. The highest BCUT2D eigenvalue weighted by Crippen LogP contribution is 2.22. The van der Waals surface area contributed by atoms with Gasteiger partial charge >= 0.3 is 0 Å². The number of carbonyl (C=O) groups excluding carboxylic acids is 1. The minimum Gasteiger partial charge on any atom is -0.356 e. The van der Waals surface area contributed by atoms with Crippen LogP contribution in [-0.4, -0.2) is 56.9 Å². The summed E-state index contributed by atoms with van der Waals surface area (Å²) in [5.74, 6) is 1.23. The quantitative estimate of drug-likeness (QED) is 0.753. The van der Waals surface area contributed by atoms with Gasteiger partial charge in [-0.05, 0) is 12.8 Å². The van der Waals surface area contributed by atoms with E-state index < -0.39 is 0 Å². The smallest absolute Gasteiger partial charge is 0.244 e. The molecule has 1 unspecified atom stereocenters. The molecule has 2 aromatic rings. The molecule has 0 spiro atoms. The Hall–Kier alpha value is -2.38. The third kappa shape index (κ3) is 2.61. The highest BCUT2D eigenvalue weighted by molar-refractivity contribution is 5.90. The molecule has 0 bridgehead atoms. The number of nitrogens with zero attached hydrogens (tertiary/aromatic N) is 4. The average molecular weight is 289 g/mol. The maximum absolute atomic E-state index is 12.0. The number of H-pyrrole nitrogens is 1. The molecule has 8 heteroatoms. The zero-order valence-electron chi connectivity index (χ0n) is 12.2. The molecular formula is C13H19N7O. The molecule has 1 aliphatic heterocycles. The van der Waals surface area contributed by atoms with E-state index >= 15 is 0 Å². The van der Waals surface area contributed by atoms with Crippen molar-refractivity contribution in [3.63, 3.8) is 0 Å². The third-order valence-corrected chi connectivity index (χ3v) is 3.56. The molecule has 3 N–H and O–H groups in total. The molecule has 0 aliphatic carbocycles. The maximum Gasteiger partial charge on any atom is 0.244 e. The van der Waals surface area contributed by atoms with Crippen molar-refractivity contribution in [2.75, 3.05) is 30.8 Å². The van der Waals surface area contributed by atoms with Crippen LogP contribution in [0.2, 0.25) is 0 Å². The summed E-state index contributed by atoms with van der Waals surface area (Å²) < 4.78 is 0. The molecule has 1 amide bonds. The zero-order valence-corrected chi connectivity index (χ0v) is 12.2. The van der Waals surface area contributed by atoms with E-state index in [4.69, 9.17) is 0 Å². The van der Waals surface area contributed by atoms with Crippen LogP contribution < -0.4 is 10.6 Å². The van der Waals surface area contributed by atoms with Gasteiger partial charge < -0.3 is 20.5 Å². The van der Waals surface area contributed by atoms with Crippen molar-refractivity contribution >= 4 is 28.8 Å². The SMILES string of the molecule is CCCNc1nc(NC2CCN(C)C2=O)c2[nH]cnc2n1. The summed E-state index contributed by atoms with van der Waals surface area (Å²) in [6.07, 6.45) is 3.33. The number of carbonyl (C=O) groups is 1. The Labute approximate surface area is 122 Å². The normalized spacial score (nSPS) is 18.5. The lowest BCUT2D eigenvalue weighted by atomic mass is 10.2. The van der Waals surface area contributed by atoms with Crippen molar-refractivity contribution < 1.29 is 4.79 Å². The summed E-state index contributed by atoms with van der Waals surface area (Å²) in [5, 5.41) is 6.36. The molecular weight excluding hydrogens is 270 g/mol. The molecule has 0 saturated carbocycles. The molecule has 112 valence electrons. The summed E-state index contributed by atoms with van der Waals surface area (Å²) in [5.41, 5.74) is 1.31. The minimum absolute atomic E-state index is 0.0874. The van der Waals surface area contributed by atoms with Gasteiger partial charge in [0.1, 0.15) is 11.6 Å². The Bertz CT molecular complexity index is 653. The van der Waals surface area contributed by atoms with Crippen LogP contribution in [0.25, 0.3) is 11.2 Å². The maximum atomic E-state index is 12.0. The second kappa shape index (κ2) is 5.55. The molecule has 0 radical (unpaired) electrons. The van der Waals surface area contributed by atoms with Crippen molar-refractivity contribution in [2.24, 2.45) is 0 Å². The number of rotatable bonds is 5. The Kier molecular flexibility index (Phi) is 3.59. The number of amides is 1. The van der Waals surface area contributed by atoms with Crippen LogP contribution in [0.15, 0.2) is 6.33 Å². The summed E-state index contributed by atoms with van der Waals surface area (Å²) in [6.45, 7) is 3.63. The first-order valence-electron chi connectivity index (χ1n) is 7.15. The van der Waals surface area contributed by atoms with E-state index in [0.29, 0.717) is 17.4 Å². The van der Waals surface area contributed by atoms with E-state index in [1.165, 1.54) is 0 Å². The first-order valence-corrected chi connectivity index (χ1v) is 7.15. The lowest BCUT2D eigenvalue weighted by Gasteiger charge is -2.14. The van der Waals surface area contributed by atoms with Crippen LogP contribution in [-0.2, 0) is 4.79 Å². The Morgan fingerprint density at radius 1 is 1.48 bits per heavy atom. The van der Waals surface area contributed by atoms with Crippen molar-refractivity contribution in [3.8, 4) is 0 Å². The molecule has 1 saturated heterocycles. The van der Waals surface area contributed by atoms with E-state index in [1.54, 1.807) is 11.2 Å². The molecule has 3 heterocycles. The van der Waals surface area contributed by atoms with Gasteiger partial charge in [-0.1, -0.05) is 6.92 Å². The van der Waals surface area contributed by atoms with Gasteiger partial charge in [0.15, 0.2) is 11.5 Å². The lowest BCUT2D eigenvalue weighted by molar-refractivity contribution is -0.127. The number of aromatic amines is 1. The highest BCUT2D eigenvalue weighted by Gasteiger charge is 2.29. The fourth-order valence-electron chi connectivity index (χ4n) is 2.37. The number of imidazole rings is 1. The van der Waals surface area contributed by atoms with Crippen LogP contribution in [0.4, 0.5) is 11.8 Å². The van der Waals surface area contributed by atoms with Gasteiger partial charge in [-0.25, -0.2) is 4.98 Å². The minimum atomic E-state index is -0.240. The monoisotopic (exact) mass is 289 g/mol. The number of anilines is 2. The molecule has 3 rings (SSSR count). The van der Waals surface area contributed by atoms with E-state index in [1.807, 2.05) is 7.05 Å². The van der Waals surface area contributed by atoms with Crippen molar-refractivity contribution in [3.05, 3.63) is 6.33 Å². The van der Waals surface area contributed by atoms with Gasteiger partial charge in [0.2, 0.25) is 11.9 Å². The standard InChI is InChI=1S/C13H19N7O/c1-3-5-14-13-18-10-9(15-7-16-10)11(19-13)17-8-4-6-20(2)12(8)21/h7-8H,3-6H2,1-2H3,(H3,14,15,16,17,18,19). The first-order chi connectivity index (χ1) is 10.2. The van der Waals surface area contributed by atoms with Crippen molar-refractivity contribution in [1.29, 1.82) is 0 Å². The molecule has 21 heavy (non-hydrogen) atoms. The van der Waals surface area contributed by atoms with E-state index in [0.717, 1.165) is 31.4 Å². The van der Waals surface area contributed by atoms with E-state index in [-0.39, 0.29) is 11.9 Å². The van der Waals surface area contributed by atoms with Crippen LogP contribution in [0.1, 0.15) is 19.8 Å². The summed E-state index contributed by atoms with van der Waals surface area (Å²) in [7, 11) is 1.81. The van der Waals surface area contributed by atoms with E-state index in [9.17, 15) is 4.79 Å².